The highest BCUT2D eigenvalue weighted by Crippen LogP contribution is 2.33. The molecule has 3 heteroatoms. The first-order valence-electron chi connectivity index (χ1n) is 4.52. The van der Waals surface area contributed by atoms with Crippen molar-refractivity contribution in [3.05, 3.63) is 23.8 Å². The van der Waals surface area contributed by atoms with Crippen LogP contribution in [0.2, 0.25) is 0 Å². The van der Waals surface area contributed by atoms with Gasteiger partial charge in [-0.25, -0.2) is 0 Å². The number of hydrogen-bond acceptors (Lipinski definition) is 3. The van der Waals surface area contributed by atoms with E-state index >= 15 is 0 Å². The molecule has 2 rings (SSSR count). The van der Waals surface area contributed by atoms with Gasteiger partial charge in [0.25, 0.3) is 0 Å². The smallest absolute Gasteiger partial charge is 0.0878 e. The lowest BCUT2D eigenvalue weighted by Crippen LogP contribution is -2.25. The van der Waals surface area contributed by atoms with E-state index in [0.29, 0.717) is 6.54 Å². The molecular weight excluding hydrogens is 164 g/mol. The summed E-state index contributed by atoms with van der Waals surface area (Å²) in [4.78, 5) is 2.14. The molecule has 0 amide bonds. The molecular formula is C10H14N2O. The van der Waals surface area contributed by atoms with Crippen LogP contribution in [-0.4, -0.2) is 24.9 Å². The van der Waals surface area contributed by atoms with Crippen LogP contribution >= 0.6 is 0 Å². The number of fused-ring (bicyclic) bond motifs is 1. The summed E-state index contributed by atoms with van der Waals surface area (Å²) in [5, 5.41) is 12.2. The number of para-hydroxylation sites is 1. The number of anilines is 2. The van der Waals surface area contributed by atoms with Crippen LogP contribution in [0.25, 0.3) is 0 Å². The zero-order valence-corrected chi connectivity index (χ0v) is 7.75. The highest BCUT2D eigenvalue weighted by molar-refractivity contribution is 5.77. The summed E-state index contributed by atoms with van der Waals surface area (Å²) in [6.07, 6.45) is 0. The van der Waals surface area contributed by atoms with Gasteiger partial charge in [-0.3, -0.25) is 0 Å². The van der Waals surface area contributed by atoms with Gasteiger partial charge in [0.2, 0.25) is 0 Å². The SMILES string of the molecule is Cc1cccc2c1NCN2CCO. The second kappa shape index (κ2) is 3.26. The quantitative estimate of drug-likeness (QED) is 0.713. The van der Waals surface area contributed by atoms with E-state index in [9.17, 15) is 0 Å². The molecule has 0 aliphatic carbocycles. The van der Waals surface area contributed by atoms with E-state index < -0.39 is 0 Å². The minimum atomic E-state index is 0.203. The van der Waals surface area contributed by atoms with Gasteiger partial charge in [-0.1, -0.05) is 12.1 Å². The van der Waals surface area contributed by atoms with Gasteiger partial charge in [0, 0.05) is 6.54 Å². The van der Waals surface area contributed by atoms with Gasteiger partial charge in [0.1, 0.15) is 0 Å². The molecule has 0 saturated carbocycles. The van der Waals surface area contributed by atoms with E-state index in [4.69, 9.17) is 5.11 Å². The van der Waals surface area contributed by atoms with Crippen molar-refractivity contribution in [1.29, 1.82) is 0 Å². The third kappa shape index (κ3) is 1.35. The number of rotatable bonds is 2. The van der Waals surface area contributed by atoms with Crippen LogP contribution in [0.4, 0.5) is 11.4 Å². The fourth-order valence-corrected chi connectivity index (χ4v) is 1.73. The van der Waals surface area contributed by atoms with Crippen molar-refractivity contribution in [2.24, 2.45) is 0 Å². The summed E-state index contributed by atoms with van der Waals surface area (Å²) in [5.41, 5.74) is 3.67. The van der Waals surface area contributed by atoms with Crippen LogP contribution in [0.15, 0.2) is 18.2 Å². The molecule has 0 fully saturated rings. The number of nitrogens with zero attached hydrogens (tertiary/aromatic N) is 1. The third-order valence-corrected chi connectivity index (χ3v) is 2.41. The standard InChI is InChI=1S/C10H14N2O/c1-8-3-2-4-9-10(8)11-7-12(9)5-6-13/h2-4,11,13H,5-7H2,1H3. The van der Waals surface area contributed by atoms with Gasteiger partial charge in [0.15, 0.2) is 0 Å². The fraction of sp³-hybridized carbons (Fsp3) is 0.400. The fourth-order valence-electron chi connectivity index (χ4n) is 1.73. The molecule has 0 saturated heterocycles. The van der Waals surface area contributed by atoms with E-state index in [1.807, 2.05) is 6.07 Å². The molecule has 0 aromatic heterocycles. The van der Waals surface area contributed by atoms with Gasteiger partial charge in [-0.2, -0.15) is 0 Å². The Hall–Kier alpha value is -1.22. The zero-order chi connectivity index (χ0) is 9.26. The normalized spacial score (nSPS) is 14.2. The molecule has 70 valence electrons. The number of nitrogens with one attached hydrogen (secondary N) is 1. The van der Waals surface area contributed by atoms with Crippen LogP contribution in [0, 0.1) is 6.92 Å². The van der Waals surface area contributed by atoms with Gasteiger partial charge in [-0.15, -0.1) is 0 Å². The third-order valence-electron chi connectivity index (χ3n) is 2.41. The first-order chi connectivity index (χ1) is 6.33. The monoisotopic (exact) mass is 178 g/mol. The Morgan fingerprint density at radius 2 is 2.38 bits per heavy atom. The molecule has 0 bridgehead atoms. The van der Waals surface area contributed by atoms with Crippen molar-refractivity contribution in [2.45, 2.75) is 6.92 Å². The average Bonchev–Trinajstić information content (AvgIpc) is 2.51. The van der Waals surface area contributed by atoms with Gasteiger partial charge < -0.3 is 15.3 Å². The Kier molecular flexibility index (Phi) is 2.10. The Morgan fingerprint density at radius 1 is 1.54 bits per heavy atom. The zero-order valence-electron chi connectivity index (χ0n) is 7.75. The average molecular weight is 178 g/mol. The van der Waals surface area contributed by atoms with E-state index in [1.54, 1.807) is 0 Å². The molecule has 0 atom stereocenters. The molecule has 1 aromatic carbocycles. The predicted molar refractivity (Wildman–Crippen MR) is 54.1 cm³/mol. The second-order valence-electron chi connectivity index (χ2n) is 3.29. The molecule has 2 N–H and O–H groups in total. The molecule has 1 aliphatic heterocycles. The largest absolute Gasteiger partial charge is 0.395 e. The molecule has 0 spiro atoms. The number of aryl methyl sites for hydroxylation is 1. The number of β-amino-alcohol motifs (C(OH)–C–C–N with tert-alkyl or cyclic N) is 1. The summed E-state index contributed by atoms with van der Waals surface area (Å²) in [6, 6.07) is 6.22. The Morgan fingerprint density at radius 3 is 3.15 bits per heavy atom. The second-order valence-corrected chi connectivity index (χ2v) is 3.29. The predicted octanol–water partition coefficient (Wildman–Crippen LogP) is 1.18. The number of aliphatic hydroxyl groups is 1. The van der Waals surface area contributed by atoms with Crippen LogP contribution in [0.5, 0.6) is 0 Å². The molecule has 3 nitrogen and oxygen atoms in total. The van der Waals surface area contributed by atoms with Crippen molar-refractivity contribution in [3.8, 4) is 0 Å². The lowest BCUT2D eigenvalue weighted by molar-refractivity contribution is 0.303. The maximum atomic E-state index is 8.85. The summed E-state index contributed by atoms with van der Waals surface area (Å²) in [7, 11) is 0. The van der Waals surface area contributed by atoms with Crippen molar-refractivity contribution in [2.75, 3.05) is 30.0 Å². The highest BCUT2D eigenvalue weighted by Gasteiger charge is 2.18. The lowest BCUT2D eigenvalue weighted by Gasteiger charge is -2.15. The van der Waals surface area contributed by atoms with Crippen LogP contribution in [0.1, 0.15) is 5.56 Å². The highest BCUT2D eigenvalue weighted by atomic mass is 16.3. The first-order valence-corrected chi connectivity index (χ1v) is 4.52. The van der Waals surface area contributed by atoms with Gasteiger partial charge in [-0.05, 0) is 18.6 Å². The van der Waals surface area contributed by atoms with Crippen molar-refractivity contribution in [3.63, 3.8) is 0 Å². The summed E-state index contributed by atoms with van der Waals surface area (Å²) in [5.74, 6) is 0. The summed E-state index contributed by atoms with van der Waals surface area (Å²) < 4.78 is 0. The van der Waals surface area contributed by atoms with E-state index in [-0.39, 0.29) is 6.61 Å². The maximum Gasteiger partial charge on any atom is 0.0878 e. The maximum absolute atomic E-state index is 8.85. The molecule has 1 heterocycles. The Bertz CT molecular complexity index is 312. The first kappa shape index (κ1) is 8.38. The van der Waals surface area contributed by atoms with Gasteiger partial charge in [0.05, 0.1) is 24.7 Å². The van der Waals surface area contributed by atoms with Crippen LogP contribution in [-0.2, 0) is 0 Å². The van der Waals surface area contributed by atoms with Crippen LogP contribution in [0.3, 0.4) is 0 Å². The summed E-state index contributed by atoms with van der Waals surface area (Å²) >= 11 is 0. The van der Waals surface area contributed by atoms with Crippen molar-refractivity contribution >= 4 is 11.4 Å². The molecule has 0 unspecified atom stereocenters. The molecule has 13 heavy (non-hydrogen) atoms. The lowest BCUT2D eigenvalue weighted by atomic mass is 10.2. The van der Waals surface area contributed by atoms with E-state index in [2.05, 4.69) is 29.3 Å². The van der Waals surface area contributed by atoms with Crippen LogP contribution < -0.4 is 10.2 Å². The molecule has 0 radical (unpaired) electrons. The molecule has 1 aliphatic rings. The Labute approximate surface area is 78.0 Å². The van der Waals surface area contributed by atoms with Gasteiger partial charge >= 0.3 is 0 Å². The van der Waals surface area contributed by atoms with E-state index in [0.717, 1.165) is 6.67 Å². The Balaban J connectivity index is 2.32. The van der Waals surface area contributed by atoms with E-state index in [1.165, 1.54) is 16.9 Å². The number of benzene rings is 1. The molecule has 1 aromatic rings. The van der Waals surface area contributed by atoms with Crippen molar-refractivity contribution in [1.82, 2.24) is 0 Å². The minimum absolute atomic E-state index is 0.203. The number of aliphatic hydroxyl groups excluding tert-OH is 1. The topological polar surface area (TPSA) is 35.5 Å². The number of hydrogen-bond donors (Lipinski definition) is 2. The minimum Gasteiger partial charge on any atom is -0.395 e. The summed E-state index contributed by atoms with van der Waals surface area (Å²) in [6.45, 7) is 3.80. The van der Waals surface area contributed by atoms with Crippen molar-refractivity contribution < 1.29 is 5.11 Å².